The number of pyridine rings is 1. The van der Waals surface area contributed by atoms with Crippen LogP contribution in [0, 0.1) is 0 Å². The van der Waals surface area contributed by atoms with Gasteiger partial charge in [0.05, 0.1) is 19.3 Å². The number of nitrogens with one attached hydrogen (secondary N) is 1. The number of carboxylic acids is 1. The predicted molar refractivity (Wildman–Crippen MR) is 123 cm³/mol. The number of aromatic nitrogens is 1. The summed E-state index contributed by atoms with van der Waals surface area (Å²) in [5.41, 5.74) is 2.19. The van der Waals surface area contributed by atoms with Crippen molar-refractivity contribution in [2.24, 2.45) is 0 Å². The number of esters is 1. The molecule has 9 heteroatoms. The lowest BCUT2D eigenvalue weighted by molar-refractivity contribution is 0.0593. The van der Waals surface area contributed by atoms with E-state index < -0.39 is 17.8 Å². The zero-order valence-electron chi connectivity index (χ0n) is 18.1. The van der Waals surface area contributed by atoms with E-state index in [1.807, 2.05) is 18.4 Å². The van der Waals surface area contributed by atoms with Crippen molar-refractivity contribution >= 4 is 29.2 Å². The van der Waals surface area contributed by atoms with Crippen LogP contribution >= 0.6 is 11.3 Å². The maximum Gasteiger partial charge on any atom is 0.357 e. The highest BCUT2D eigenvalue weighted by Crippen LogP contribution is 2.43. The first-order chi connectivity index (χ1) is 15.9. The van der Waals surface area contributed by atoms with E-state index in [2.05, 4.69) is 10.3 Å². The van der Waals surface area contributed by atoms with Crippen molar-refractivity contribution in [2.45, 2.75) is 19.8 Å². The van der Waals surface area contributed by atoms with Gasteiger partial charge in [0.15, 0.2) is 5.69 Å². The summed E-state index contributed by atoms with van der Waals surface area (Å²) in [5, 5.41) is 14.7. The second kappa shape index (κ2) is 9.41. The minimum absolute atomic E-state index is 0.00580. The van der Waals surface area contributed by atoms with Crippen LogP contribution in [-0.2, 0) is 11.2 Å². The Labute approximate surface area is 194 Å². The van der Waals surface area contributed by atoms with Gasteiger partial charge in [-0.05, 0) is 47.7 Å². The summed E-state index contributed by atoms with van der Waals surface area (Å²) < 4.78 is 10.8. The van der Waals surface area contributed by atoms with Crippen LogP contribution in [0.25, 0.3) is 21.6 Å². The molecule has 1 amide bonds. The van der Waals surface area contributed by atoms with Gasteiger partial charge >= 0.3 is 11.9 Å². The first kappa shape index (κ1) is 22.5. The lowest BCUT2D eigenvalue weighted by atomic mass is 9.94. The van der Waals surface area contributed by atoms with Crippen LogP contribution < -0.4 is 10.1 Å². The standard InChI is InChI=1S/C24H22N2O6S/c1-3-8-25-22(27)18-5-4-14(20(26-18)24(30)31-2)15-12-19-17(11-16(15)23(28)29)21-13(6-9-32-19)7-10-33-21/h4-5,7,10-12H,3,6,8-9H2,1-2H3,(H,25,27)(H,28,29). The SMILES string of the molecule is CCCNC(=O)c1ccc(-c2cc3c(cc2C(=O)O)-c2sccc2CCO3)c(C(=O)OC)n1. The zero-order valence-corrected chi connectivity index (χ0v) is 19.0. The van der Waals surface area contributed by atoms with Crippen molar-refractivity contribution in [2.75, 3.05) is 20.3 Å². The Bertz CT molecular complexity index is 1250. The molecule has 33 heavy (non-hydrogen) atoms. The van der Waals surface area contributed by atoms with Gasteiger partial charge in [-0.2, -0.15) is 0 Å². The molecule has 0 fully saturated rings. The first-order valence-electron chi connectivity index (χ1n) is 10.4. The molecule has 0 bridgehead atoms. The fourth-order valence-electron chi connectivity index (χ4n) is 3.70. The fraction of sp³-hybridized carbons (Fsp3) is 0.250. The number of carbonyl (C=O) groups excluding carboxylic acids is 2. The number of benzene rings is 1. The van der Waals surface area contributed by atoms with Gasteiger partial charge in [-0.3, -0.25) is 4.79 Å². The monoisotopic (exact) mass is 466 g/mol. The number of ether oxygens (including phenoxy) is 2. The molecule has 3 heterocycles. The number of carbonyl (C=O) groups is 3. The Morgan fingerprint density at radius 2 is 2.00 bits per heavy atom. The van der Waals surface area contributed by atoms with E-state index in [0.29, 0.717) is 30.9 Å². The van der Waals surface area contributed by atoms with Crippen molar-refractivity contribution < 1.29 is 29.0 Å². The summed E-state index contributed by atoms with van der Waals surface area (Å²) in [4.78, 5) is 42.3. The van der Waals surface area contributed by atoms with E-state index in [4.69, 9.17) is 9.47 Å². The number of fused-ring (bicyclic) bond motifs is 3. The second-order valence-corrected chi connectivity index (χ2v) is 8.33. The van der Waals surface area contributed by atoms with Gasteiger partial charge < -0.3 is 19.9 Å². The van der Waals surface area contributed by atoms with Gasteiger partial charge in [0, 0.05) is 34.5 Å². The van der Waals surface area contributed by atoms with Crippen molar-refractivity contribution in [1.82, 2.24) is 10.3 Å². The number of aromatic carboxylic acids is 1. The van der Waals surface area contributed by atoms with E-state index in [-0.39, 0.29) is 28.1 Å². The maximum absolute atomic E-state index is 12.6. The molecule has 2 N–H and O–H groups in total. The quantitative estimate of drug-likeness (QED) is 0.527. The molecule has 0 saturated heterocycles. The summed E-state index contributed by atoms with van der Waals surface area (Å²) in [6.45, 7) is 2.83. The molecule has 0 spiro atoms. The maximum atomic E-state index is 12.6. The van der Waals surface area contributed by atoms with E-state index >= 15 is 0 Å². The average Bonchev–Trinajstić information content (AvgIpc) is 3.22. The van der Waals surface area contributed by atoms with Crippen LogP contribution in [0.15, 0.2) is 35.7 Å². The molecule has 8 nitrogen and oxygen atoms in total. The summed E-state index contributed by atoms with van der Waals surface area (Å²) in [6, 6.07) is 8.17. The second-order valence-electron chi connectivity index (χ2n) is 7.41. The van der Waals surface area contributed by atoms with Crippen molar-refractivity contribution in [1.29, 1.82) is 0 Å². The molecule has 4 rings (SSSR count). The van der Waals surface area contributed by atoms with E-state index in [0.717, 1.165) is 16.9 Å². The Hall–Kier alpha value is -3.72. The number of thiophene rings is 1. The lowest BCUT2D eigenvalue weighted by Crippen LogP contribution is -2.25. The number of hydrogen-bond donors (Lipinski definition) is 2. The number of nitrogens with zero attached hydrogens (tertiary/aromatic N) is 1. The topological polar surface area (TPSA) is 115 Å². The summed E-state index contributed by atoms with van der Waals surface area (Å²) in [6.07, 6.45) is 1.46. The van der Waals surface area contributed by atoms with Gasteiger partial charge in [-0.1, -0.05) is 6.92 Å². The molecule has 0 radical (unpaired) electrons. The fourth-order valence-corrected chi connectivity index (χ4v) is 4.68. The molecule has 3 aromatic rings. The first-order valence-corrected chi connectivity index (χ1v) is 11.3. The third-order valence-electron chi connectivity index (χ3n) is 5.30. The predicted octanol–water partition coefficient (Wildman–Crippen LogP) is 4.04. The Balaban J connectivity index is 1.90. The van der Waals surface area contributed by atoms with E-state index in [9.17, 15) is 19.5 Å². The highest BCUT2D eigenvalue weighted by Gasteiger charge is 2.26. The number of rotatable bonds is 6. The normalized spacial score (nSPS) is 12.1. The molecule has 1 aromatic carbocycles. The number of hydrogen-bond acceptors (Lipinski definition) is 7. The largest absolute Gasteiger partial charge is 0.493 e. The molecule has 0 saturated carbocycles. The average molecular weight is 467 g/mol. The number of carboxylic acid groups (broad SMARTS) is 1. The van der Waals surface area contributed by atoms with Gasteiger partial charge in [0.2, 0.25) is 0 Å². The van der Waals surface area contributed by atoms with Crippen LogP contribution in [0.5, 0.6) is 5.75 Å². The lowest BCUT2D eigenvalue weighted by Gasteiger charge is -2.15. The molecular formula is C24H22N2O6S. The zero-order chi connectivity index (χ0) is 23.5. The third kappa shape index (κ3) is 4.31. The Morgan fingerprint density at radius 1 is 1.18 bits per heavy atom. The van der Waals surface area contributed by atoms with E-state index in [1.54, 1.807) is 12.1 Å². The van der Waals surface area contributed by atoms with Crippen LogP contribution in [0.2, 0.25) is 0 Å². The summed E-state index contributed by atoms with van der Waals surface area (Å²) >= 11 is 1.52. The molecule has 0 atom stereocenters. The van der Waals surface area contributed by atoms with Crippen molar-refractivity contribution in [3.63, 3.8) is 0 Å². The van der Waals surface area contributed by atoms with Gasteiger partial charge in [-0.25, -0.2) is 14.6 Å². The summed E-state index contributed by atoms with van der Waals surface area (Å²) in [7, 11) is 1.20. The molecule has 1 aliphatic rings. The molecule has 0 aliphatic carbocycles. The van der Waals surface area contributed by atoms with Gasteiger partial charge in [0.25, 0.3) is 5.91 Å². The molecule has 1 aliphatic heterocycles. The minimum Gasteiger partial charge on any atom is -0.493 e. The van der Waals surface area contributed by atoms with Gasteiger partial charge in [-0.15, -0.1) is 11.3 Å². The highest BCUT2D eigenvalue weighted by molar-refractivity contribution is 7.13. The minimum atomic E-state index is -1.16. The van der Waals surface area contributed by atoms with Crippen molar-refractivity contribution in [3.05, 3.63) is 58.2 Å². The third-order valence-corrected chi connectivity index (χ3v) is 6.29. The Kier molecular flexibility index (Phi) is 6.41. The number of amides is 1. The van der Waals surface area contributed by atoms with Crippen molar-refractivity contribution in [3.8, 4) is 27.3 Å². The smallest absolute Gasteiger partial charge is 0.357 e. The molecule has 170 valence electrons. The van der Waals surface area contributed by atoms with Crippen LogP contribution in [0.4, 0.5) is 0 Å². The Morgan fingerprint density at radius 3 is 2.73 bits per heavy atom. The molecule has 2 aromatic heterocycles. The van der Waals surface area contributed by atoms with Gasteiger partial charge in [0.1, 0.15) is 11.4 Å². The molecule has 0 unspecified atom stereocenters. The highest BCUT2D eigenvalue weighted by atomic mass is 32.1. The van der Waals surface area contributed by atoms with Crippen LogP contribution in [0.3, 0.4) is 0 Å². The summed E-state index contributed by atoms with van der Waals surface area (Å²) in [5.74, 6) is -1.84. The van der Waals surface area contributed by atoms with E-state index in [1.165, 1.54) is 30.6 Å². The van der Waals surface area contributed by atoms with Crippen LogP contribution in [0.1, 0.15) is 50.2 Å². The van der Waals surface area contributed by atoms with Crippen LogP contribution in [-0.4, -0.2) is 48.2 Å². The molecular weight excluding hydrogens is 444 g/mol. The number of methoxy groups -OCH3 is 1.